The van der Waals surface area contributed by atoms with Crippen LogP contribution in [0.4, 0.5) is 28.8 Å². The SMILES string of the molecule is CSCC(NC(=O)OC(C)(C)C)C(=O)NCCCc1cc(CCCNC(=O)C(CSC)NC(=O)OC(C)(C)C)cc(C(=O)NCCCc2cc(CCCNC(=O)c3cc(CCCNC(=O)C(CSC)NC(=O)OC(C)(C)C)cc(CCCNC(=O)C(CSC)NC(=O)OC(C)(C)C)c3)cc(CCCNC(=O)c3cc(CCCNC(=O)C(CSC)NC(=O)OC(C)(C)C)cc(CCCNC(=O)C(CSC)NC(=O)OC(C)(C)C)c3)c2)c1. The van der Waals surface area contributed by atoms with Crippen LogP contribution in [0.3, 0.4) is 0 Å². The van der Waals surface area contributed by atoms with Crippen molar-refractivity contribution in [2.75, 3.05) is 131 Å². The lowest BCUT2D eigenvalue weighted by molar-refractivity contribution is -0.123. The lowest BCUT2D eigenvalue weighted by Crippen LogP contribution is -2.49. The van der Waals surface area contributed by atoms with Crippen LogP contribution in [-0.2, 0) is 115 Å². The van der Waals surface area contributed by atoms with E-state index in [0.717, 1.165) is 50.1 Å². The highest BCUT2D eigenvalue weighted by Crippen LogP contribution is 2.24. The molecule has 0 saturated heterocycles. The smallest absolute Gasteiger partial charge is 0.408 e. The number of ether oxygens (including phenoxy) is 6. The van der Waals surface area contributed by atoms with E-state index in [1.165, 1.54) is 70.6 Å². The third-order valence-electron chi connectivity index (χ3n) is 21.5. The third kappa shape index (κ3) is 59.2. The van der Waals surface area contributed by atoms with Gasteiger partial charge in [0, 0.05) is 110 Å². The lowest BCUT2D eigenvalue weighted by atomic mass is 9.97. The molecule has 0 saturated carbocycles. The highest BCUT2D eigenvalue weighted by atomic mass is 32.2. The first-order chi connectivity index (χ1) is 70.5. The molecule has 6 unspecified atom stereocenters. The number of aryl methyl sites for hydroxylation is 9. The second-order valence-corrected chi connectivity index (χ2v) is 48.1. The predicted octanol–water partition coefficient (Wildman–Crippen LogP) is 13.6. The number of carbonyl (C=O) groups is 15. The van der Waals surface area contributed by atoms with Gasteiger partial charge in [-0.15, -0.1) is 0 Å². The van der Waals surface area contributed by atoms with Gasteiger partial charge in [-0.3, -0.25) is 43.2 Å². The fraction of sp³-hybridized carbons (Fsp3) is 0.639. The Morgan fingerprint density at radius 2 is 0.320 bits per heavy atom. The molecule has 840 valence electrons. The van der Waals surface area contributed by atoms with Gasteiger partial charge in [0.2, 0.25) is 35.4 Å². The molecule has 0 radical (unpaired) electrons. The molecule has 0 fully saturated rings. The van der Waals surface area contributed by atoms with Crippen molar-refractivity contribution in [1.29, 1.82) is 0 Å². The van der Waals surface area contributed by atoms with Crippen molar-refractivity contribution in [3.63, 3.8) is 0 Å². The largest absolute Gasteiger partial charge is 0.444 e. The first-order valence-corrected chi connectivity index (χ1v) is 59.8. The van der Waals surface area contributed by atoms with Crippen molar-refractivity contribution in [3.05, 3.63) is 140 Å². The fourth-order valence-corrected chi connectivity index (χ4v) is 18.6. The maximum absolute atomic E-state index is 14.5. The lowest BCUT2D eigenvalue weighted by Gasteiger charge is -2.23. The highest BCUT2D eigenvalue weighted by molar-refractivity contribution is 7.99. The Balaban J connectivity index is 1.71. The van der Waals surface area contributed by atoms with Crippen LogP contribution in [-0.4, -0.2) is 291 Å². The van der Waals surface area contributed by atoms with Crippen molar-refractivity contribution < 1.29 is 100 Å². The summed E-state index contributed by atoms with van der Waals surface area (Å²) in [7, 11) is 0. The Labute approximate surface area is 914 Å². The number of carbonyl (C=O) groups excluding carboxylic acids is 15. The summed E-state index contributed by atoms with van der Waals surface area (Å²) in [6.07, 6.45) is 15.7. The Bertz CT molecular complexity index is 4270. The van der Waals surface area contributed by atoms with Crippen LogP contribution in [0.25, 0.3) is 0 Å². The van der Waals surface area contributed by atoms with E-state index in [9.17, 15) is 71.9 Å². The van der Waals surface area contributed by atoms with Gasteiger partial charge in [-0.1, -0.05) is 36.4 Å². The summed E-state index contributed by atoms with van der Waals surface area (Å²) >= 11 is 8.39. The molecule has 0 aliphatic rings. The van der Waals surface area contributed by atoms with Gasteiger partial charge in [0.05, 0.1) is 0 Å². The summed E-state index contributed by atoms with van der Waals surface area (Å²) < 4.78 is 32.6. The molecule has 0 bridgehead atoms. The molecule has 4 aromatic carbocycles. The van der Waals surface area contributed by atoms with Gasteiger partial charge in [-0.2, -0.15) is 70.6 Å². The molecule has 0 aliphatic carbocycles. The minimum atomic E-state index is -0.852. The number of hydrogen-bond acceptors (Lipinski definition) is 27. The van der Waals surface area contributed by atoms with Gasteiger partial charge < -0.3 is 108 Å². The molecule has 0 aliphatic heterocycles. The molecule has 0 aromatic heterocycles. The van der Waals surface area contributed by atoms with Gasteiger partial charge in [0.15, 0.2) is 0 Å². The van der Waals surface area contributed by atoms with E-state index >= 15 is 0 Å². The summed E-state index contributed by atoms with van der Waals surface area (Å²) in [6.45, 7) is 33.7. The van der Waals surface area contributed by atoms with E-state index < -0.39 is 106 Å². The maximum Gasteiger partial charge on any atom is 0.408 e. The number of nitrogens with one attached hydrogen (secondary N) is 15. The van der Waals surface area contributed by atoms with E-state index in [1.807, 2.05) is 92.1 Å². The summed E-state index contributed by atoms with van der Waals surface area (Å²) in [4.78, 5) is 201. The zero-order chi connectivity index (χ0) is 112. The summed E-state index contributed by atoms with van der Waals surface area (Å²) in [5.41, 5.74) is 4.58. The van der Waals surface area contributed by atoms with Crippen LogP contribution >= 0.6 is 70.6 Å². The van der Waals surface area contributed by atoms with E-state index in [2.05, 4.69) is 98.0 Å². The molecular weight excluding hydrogens is 2040 g/mol. The minimum absolute atomic E-state index is 0.262. The fourth-order valence-electron chi connectivity index (χ4n) is 15.2. The quantitative estimate of drug-likeness (QED) is 0.0144. The second kappa shape index (κ2) is 68.1. The third-order valence-corrected chi connectivity index (χ3v) is 25.5. The Morgan fingerprint density at radius 3 is 0.440 bits per heavy atom. The molecule has 42 heteroatoms. The average Bonchev–Trinajstić information content (AvgIpc) is 0.854. The van der Waals surface area contributed by atoms with Gasteiger partial charge in [0.1, 0.15) is 69.9 Å². The van der Waals surface area contributed by atoms with Gasteiger partial charge in [0.25, 0.3) is 17.7 Å². The van der Waals surface area contributed by atoms with Gasteiger partial charge in [-0.05, 0) is 364 Å². The monoisotopic (exact) mass is 2210 g/mol. The maximum atomic E-state index is 14.5. The first kappa shape index (κ1) is 132. The first-order valence-electron chi connectivity index (χ1n) is 51.4. The standard InChI is InChI=1S/C108H171N15O21S6/c1-103(2,3)139-97(133)118-82(64-145-19)91(127)112-46-28-37-73-55-74(38-29-47-113-92(128)83(65-146-20)119-98(134)140-104(4,5)6)59-79(58-73)88(124)109-43-25-34-70-52-71(35-26-44-110-89(125)80-60-75(39-30-48-114-93(129)84(66-147-21)120-99(135)141-105(7,8)9)56-76(61-80)40-31-49-115-94(130)85(67-148-22)121-100(136)142-106(10,11)12)54-72(53-70)36-27-45-111-90(126)81-62-77(41-32-50-116-95(131)86(68-149-23)122-101(137)143-107(13,14)15)57-78(63-81)42-33-51-117-96(132)87(69-150-24)123-102(138)144-108(16,17)18/h52-63,82-87H,25-51,64-69H2,1-24H3,(H,109,124)(H,110,125)(H,111,126)(H,112,127)(H,113,128)(H,114,129)(H,115,130)(H,116,131)(H,117,132)(H,118,133)(H,119,134)(H,120,135)(H,121,136)(H,122,137)(H,123,138). The molecule has 6 atom stereocenters. The molecule has 36 nitrogen and oxygen atoms in total. The van der Waals surface area contributed by atoms with Crippen molar-refractivity contribution in [2.45, 2.75) is 310 Å². The number of alkyl carbamates (subject to hydrolysis) is 6. The summed E-state index contributed by atoms with van der Waals surface area (Å²) in [5.74, 6) is -1.30. The molecule has 150 heavy (non-hydrogen) atoms. The van der Waals surface area contributed by atoms with E-state index in [1.54, 1.807) is 125 Å². The minimum Gasteiger partial charge on any atom is -0.444 e. The van der Waals surface area contributed by atoms with Crippen LogP contribution in [0.2, 0.25) is 0 Å². The average molecular weight is 2210 g/mol. The molecule has 15 N–H and O–H groups in total. The summed E-state index contributed by atoms with van der Waals surface area (Å²) in [6, 6.07) is 18.3. The normalized spacial score (nSPS) is 12.9. The molecular formula is C108H171N15O21S6. The molecule has 0 spiro atoms. The van der Waals surface area contributed by atoms with Crippen molar-refractivity contribution in [1.82, 2.24) is 79.8 Å². The van der Waals surface area contributed by atoms with Crippen molar-refractivity contribution >= 4 is 160 Å². The number of amides is 15. The number of hydrogen-bond donors (Lipinski definition) is 15. The Kier molecular flexibility index (Phi) is 60.0. The molecule has 4 aromatic rings. The van der Waals surface area contributed by atoms with Crippen LogP contribution in [0.5, 0.6) is 0 Å². The molecule has 4 rings (SSSR count). The van der Waals surface area contributed by atoms with E-state index in [4.69, 9.17) is 28.4 Å². The van der Waals surface area contributed by atoms with Crippen LogP contribution in [0, 0.1) is 0 Å². The Morgan fingerprint density at radius 1 is 0.200 bits per heavy atom. The highest BCUT2D eigenvalue weighted by Gasteiger charge is 2.32. The Hall–Kier alpha value is -10.2. The van der Waals surface area contributed by atoms with Gasteiger partial charge in [-0.25, -0.2) is 28.8 Å². The van der Waals surface area contributed by atoms with Crippen LogP contribution in [0.1, 0.15) is 264 Å². The zero-order valence-corrected chi connectivity index (χ0v) is 97.6. The van der Waals surface area contributed by atoms with Gasteiger partial charge >= 0.3 is 36.6 Å². The second-order valence-electron chi connectivity index (χ2n) is 42.6. The van der Waals surface area contributed by atoms with Crippen molar-refractivity contribution in [2.24, 2.45) is 0 Å². The number of thioether (sulfide) groups is 6. The predicted molar refractivity (Wildman–Crippen MR) is 605 cm³/mol. The van der Waals surface area contributed by atoms with E-state index in [-0.39, 0.29) is 112 Å². The zero-order valence-electron chi connectivity index (χ0n) is 92.7. The molecule has 15 amide bonds. The number of rotatable bonds is 63. The van der Waals surface area contributed by atoms with Crippen LogP contribution < -0.4 is 79.8 Å². The topological polar surface area (TPSA) is 492 Å². The molecule has 0 heterocycles. The number of benzene rings is 4. The van der Waals surface area contributed by atoms with Crippen LogP contribution in [0.15, 0.2) is 72.8 Å². The summed E-state index contributed by atoms with van der Waals surface area (Å²) in [5, 5.41) is 43.3. The van der Waals surface area contributed by atoms with Crippen molar-refractivity contribution in [3.8, 4) is 0 Å². The van der Waals surface area contributed by atoms with E-state index in [0.29, 0.717) is 167 Å².